The van der Waals surface area contributed by atoms with Crippen molar-refractivity contribution in [2.75, 3.05) is 0 Å². The van der Waals surface area contributed by atoms with Crippen LogP contribution in [0.2, 0.25) is 0 Å². The Kier molecular flexibility index (Phi) is 5.51. The van der Waals surface area contributed by atoms with Gasteiger partial charge in [-0.3, -0.25) is 0 Å². The Labute approximate surface area is 142 Å². The van der Waals surface area contributed by atoms with E-state index in [2.05, 4.69) is 5.37 Å². The van der Waals surface area contributed by atoms with Crippen molar-refractivity contribution < 1.29 is 13.6 Å². The van der Waals surface area contributed by atoms with Crippen molar-refractivity contribution in [3.8, 4) is 16.9 Å². The minimum absolute atomic E-state index is 0.479. The molecule has 118 valence electrons. The molecule has 3 nitrogen and oxygen atoms in total. The van der Waals surface area contributed by atoms with Gasteiger partial charge in [-0.25, -0.2) is 0 Å². The number of para-hydroxylation sites is 2. The number of hydrogen-bond acceptors (Lipinski definition) is 3. The Morgan fingerprint density at radius 2 is 1.08 bits per heavy atom. The van der Waals surface area contributed by atoms with E-state index in [1.165, 1.54) is 0 Å². The van der Waals surface area contributed by atoms with Gasteiger partial charge >= 0.3 is 142 Å². The molecular weight excluding hydrogens is 338 g/mol. The third kappa shape index (κ3) is 4.85. The first-order chi connectivity index (χ1) is 11.7. The van der Waals surface area contributed by atoms with E-state index in [1.54, 1.807) is 24.3 Å². The summed E-state index contributed by atoms with van der Waals surface area (Å²) < 4.78 is 24.4. The maximum atomic E-state index is 13.2. The van der Waals surface area contributed by atoms with Crippen LogP contribution in [0.4, 0.5) is 0 Å². The fraction of sp³-hybridized carbons (Fsp3) is 0. The molecule has 0 aliphatic heterocycles. The van der Waals surface area contributed by atoms with Gasteiger partial charge in [-0.15, -0.1) is 0 Å². The molecule has 0 radical (unpaired) electrons. The van der Waals surface area contributed by atoms with Crippen molar-refractivity contribution in [2.24, 2.45) is 0 Å². The SMILES string of the molecule is O=P(C#[P+]c1ccccc1)(Oc1ccccc1)Oc1ccccc1. The molecule has 0 unspecified atom stereocenters. The molecule has 0 bridgehead atoms. The molecule has 3 aromatic carbocycles. The standard InChI is InChI=1S/C19H15O3P2/c20-24(21-17-10-4-1-5-11-17,22-18-12-6-2-7-13-18)16-23-19-14-8-3-9-15-19/h1-15H/q+1. The van der Waals surface area contributed by atoms with Crippen LogP contribution >= 0.6 is 15.6 Å². The molecule has 0 aromatic heterocycles. The van der Waals surface area contributed by atoms with Gasteiger partial charge in [0.25, 0.3) is 0 Å². The van der Waals surface area contributed by atoms with Crippen LogP contribution in [0.15, 0.2) is 91.0 Å². The van der Waals surface area contributed by atoms with Crippen molar-refractivity contribution in [2.45, 2.75) is 0 Å². The third-order valence-electron chi connectivity index (χ3n) is 3.00. The van der Waals surface area contributed by atoms with E-state index in [0.29, 0.717) is 19.5 Å². The average Bonchev–Trinajstić information content (AvgIpc) is 2.63. The second kappa shape index (κ2) is 7.99. The molecule has 24 heavy (non-hydrogen) atoms. The van der Waals surface area contributed by atoms with Gasteiger partial charge in [0.2, 0.25) is 0 Å². The molecule has 3 aromatic rings. The average molecular weight is 353 g/mol. The topological polar surface area (TPSA) is 35.5 Å². The molecule has 0 amide bonds. The van der Waals surface area contributed by atoms with Crippen molar-refractivity contribution in [3.05, 3.63) is 91.0 Å². The van der Waals surface area contributed by atoms with E-state index in [0.717, 1.165) is 5.30 Å². The summed E-state index contributed by atoms with van der Waals surface area (Å²) in [6.45, 7) is 0. The van der Waals surface area contributed by atoms with Crippen LogP contribution in [-0.4, -0.2) is 0 Å². The third-order valence-corrected chi connectivity index (χ3v) is 5.83. The van der Waals surface area contributed by atoms with Gasteiger partial charge in [0, 0.05) is 0 Å². The van der Waals surface area contributed by atoms with E-state index in [9.17, 15) is 4.57 Å². The van der Waals surface area contributed by atoms with Crippen molar-refractivity contribution in [1.82, 2.24) is 0 Å². The molecule has 0 aliphatic carbocycles. The van der Waals surface area contributed by atoms with E-state index in [4.69, 9.17) is 9.05 Å². The molecule has 0 atom stereocenters. The first-order valence-electron chi connectivity index (χ1n) is 7.36. The number of benzene rings is 3. The van der Waals surface area contributed by atoms with Gasteiger partial charge in [-0.1, -0.05) is 0 Å². The molecule has 0 aliphatic rings. The second-order valence-corrected chi connectivity index (χ2v) is 7.75. The van der Waals surface area contributed by atoms with E-state index < -0.39 is 7.60 Å². The van der Waals surface area contributed by atoms with Crippen molar-refractivity contribution in [1.29, 1.82) is 0 Å². The number of rotatable bonds is 4. The molecule has 0 spiro atoms. The summed E-state index contributed by atoms with van der Waals surface area (Å²) >= 11 is 0. The van der Waals surface area contributed by atoms with Gasteiger partial charge < -0.3 is 0 Å². The normalized spacial score (nSPS) is 10.5. The Hall–Kier alpha value is -2.30. The van der Waals surface area contributed by atoms with Gasteiger partial charge in [0.15, 0.2) is 0 Å². The van der Waals surface area contributed by atoms with Gasteiger partial charge in [0.05, 0.1) is 0 Å². The van der Waals surface area contributed by atoms with Crippen LogP contribution in [0, 0.1) is 5.37 Å². The van der Waals surface area contributed by atoms with Crippen LogP contribution in [0.25, 0.3) is 0 Å². The summed E-state index contributed by atoms with van der Waals surface area (Å²) in [5, 5.41) is 3.86. The molecule has 0 N–H and O–H groups in total. The molecule has 0 heterocycles. The zero-order chi connectivity index (χ0) is 16.7. The predicted octanol–water partition coefficient (Wildman–Crippen LogP) is 5.53. The monoisotopic (exact) mass is 353 g/mol. The summed E-state index contributed by atoms with van der Waals surface area (Å²) in [7, 11) is -2.94. The van der Waals surface area contributed by atoms with Crippen LogP contribution < -0.4 is 14.4 Å². The Morgan fingerprint density at radius 3 is 1.54 bits per heavy atom. The molecule has 5 heteroatoms. The Morgan fingerprint density at radius 1 is 0.667 bits per heavy atom. The predicted molar refractivity (Wildman–Crippen MR) is 98.6 cm³/mol. The van der Waals surface area contributed by atoms with Crippen LogP contribution in [0.1, 0.15) is 0 Å². The molecule has 0 saturated carbocycles. The summed E-state index contributed by atoms with van der Waals surface area (Å²) in [5.74, 6) is 0.958. The quantitative estimate of drug-likeness (QED) is 0.579. The molecule has 0 fully saturated rings. The van der Waals surface area contributed by atoms with Gasteiger partial charge in [-0.2, -0.15) is 0 Å². The zero-order valence-electron chi connectivity index (χ0n) is 12.8. The van der Waals surface area contributed by atoms with Gasteiger partial charge in [0.1, 0.15) is 0 Å². The maximum absolute atomic E-state index is 13.2. The summed E-state index contributed by atoms with van der Waals surface area (Å²) in [5.41, 5.74) is 0. The van der Waals surface area contributed by atoms with Crippen molar-refractivity contribution in [3.63, 3.8) is 0 Å². The first kappa shape index (κ1) is 16.6. The summed E-state index contributed by atoms with van der Waals surface area (Å²) in [4.78, 5) is 0. The molecule has 0 saturated heterocycles. The molecular formula is C19H15O3P2+. The number of hydrogen-bond donors (Lipinski definition) is 0. The van der Waals surface area contributed by atoms with Crippen LogP contribution in [-0.2, 0) is 4.57 Å². The molecule has 3 rings (SSSR count). The van der Waals surface area contributed by atoms with E-state index in [1.807, 2.05) is 66.7 Å². The zero-order valence-corrected chi connectivity index (χ0v) is 14.6. The fourth-order valence-corrected chi connectivity index (χ4v) is 4.36. The Balaban J connectivity index is 1.91. The summed E-state index contributed by atoms with van der Waals surface area (Å²) in [6, 6.07) is 27.6. The van der Waals surface area contributed by atoms with Gasteiger partial charge in [-0.05, 0) is 0 Å². The van der Waals surface area contributed by atoms with Crippen molar-refractivity contribution >= 4 is 20.9 Å². The van der Waals surface area contributed by atoms with E-state index in [-0.39, 0.29) is 0 Å². The summed E-state index contributed by atoms with van der Waals surface area (Å²) in [6.07, 6.45) is 0. The Bertz CT molecular complexity index is 840. The fourth-order valence-electron chi connectivity index (χ4n) is 1.92. The minimum atomic E-state index is -3.59. The second-order valence-electron chi connectivity index (χ2n) is 4.85. The first-order valence-corrected chi connectivity index (χ1v) is 9.80. The van der Waals surface area contributed by atoms with E-state index >= 15 is 0 Å². The van der Waals surface area contributed by atoms with Crippen LogP contribution in [0.3, 0.4) is 0 Å². The van der Waals surface area contributed by atoms with Crippen LogP contribution in [0.5, 0.6) is 11.5 Å².